The summed E-state index contributed by atoms with van der Waals surface area (Å²) in [7, 11) is 0. The molecular formula is C27H50N2. The van der Waals surface area contributed by atoms with Crippen molar-refractivity contribution in [2.24, 2.45) is 0 Å². The lowest BCUT2D eigenvalue weighted by Gasteiger charge is -2.06. The Morgan fingerprint density at radius 2 is 1.00 bits per heavy atom. The summed E-state index contributed by atoms with van der Waals surface area (Å²) in [5.74, 6) is 0. The maximum Gasteiger partial charge on any atom is 0.0526 e. The Morgan fingerprint density at radius 1 is 0.586 bits per heavy atom. The van der Waals surface area contributed by atoms with E-state index in [0.29, 0.717) is 0 Å². The van der Waals surface area contributed by atoms with Gasteiger partial charge in [0.25, 0.3) is 0 Å². The molecule has 0 aliphatic carbocycles. The van der Waals surface area contributed by atoms with E-state index in [4.69, 9.17) is 0 Å². The Hall–Kier alpha value is -1.05. The average molecular weight is 403 g/mol. The minimum absolute atomic E-state index is 1.07. The highest BCUT2D eigenvalue weighted by molar-refractivity contribution is 5.39. The van der Waals surface area contributed by atoms with Crippen LogP contribution in [0.1, 0.15) is 135 Å². The van der Waals surface area contributed by atoms with Crippen molar-refractivity contribution in [1.29, 1.82) is 0 Å². The Labute approximate surface area is 182 Å². The van der Waals surface area contributed by atoms with Gasteiger partial charge >= 0.3 is 0 Å². The highest BCUT2D eigenvalue weighted by Gasteiger charge is 1.96. The zero-order chi connectivity index (χ0) is 20.7. The Kier molecular flexibility index (Phi) is 19.4. The molecule has 1 aromatic rings. The van der Waals surface area contributed by atoms with Gasteiger partial charge in [-0.05, 0) is 18.6 Å². The quantitative estimate of drug-likeness (QED) is 0.195. The molecule has 1 rings (SSSR count). The van der Waals surface area contributed by atoms with Gasteiger partial charge in [-0.1, -0.05) is 129 Å². The van der Waals surface area contributed by atoms with E-state index in [9.17, 15) is 0 Å². The molecule has 168 valence electrons. The first-order valence-corrected chi connectivity index (χ1v) is 13.1. The molecule has 0 bridgehead atoms. The van der Waals surface area contributed by atoms with Gasteiger partial charge in [-0.3, -0.25) is 4.98 Å². The molecule has 0 saturated carbocycles. The molecule has 0 aromatic carbocycles. The summed E-state index contributed by atoms with van der Waals surface area (Å²) < 4.78 is 0. The summed E-state index contributed by atoms with van der Waals surface area (Å²) in [6, 6.07) is 4.07. The minimum Gasteiger partial charge on any atom is -0.384 e. The van der Waals surface area contributed by atoms with Crippen LogP contribution in [0.2, 0.25) is 0 Å². The van der Waals surface area contributed by atoms with Crippen LogP contribution in [0.25, 0.3) is 0 Å². The molecule has 1 aromatic heterocycles. The van der Waals surface area contributed by atoms with E-state index in [0.717, 1.165) is 12.2 Å². The minimum atomic E-state index is 1.07. The number of aromatic nitrogens is 1. The summed E-state index contributed by atoms with van der Waals surface area (Å²) in [6.07, 6.45) is 32.5. The molecular weight excluding hydrogens is 352 g/mol. The maximum absolute atomic E-state index is 4.13. The van der Waals surface area contributed by atoms with Crippen LogP contribution in [0, 0.1) is 0 Å². The first-order chi connectivity index (χ1) is 14.4. The van der Waals surface area contributed by atoms with Crippen LogP contribution in [0.5, 0.6) is 0 Å². The summed E-state index contributed by atoms with van der Waals surface area (Å²) in [5.41, 5.74) is 1.14. The number of pyridine rings is 1. The molecule has 2 nitrogen and oxygen atoms in total. The van der Waals surface area contributed by atoms with Crippen molar-refractivity contribution in [3.05, 3.63) is 24.5 Å². The maximum atomic E-state index is 4.13. The molecule has 0 fully saturated rings. The molecule has 1 N–H and O–H groups in total. The highest BCUT2D eigenvalue weighted by atomic mass is 14.9. The monoisotopic (exact) mass is 402 g/mol. The van der Waals surface area contributed by atoms with Gasteiger partial charge in [-0.15, -0.1) is 0 Å². The zero-order valence-electron chi connectivity index (χ0n) is 19.6. The van der Waals surface area contributed by atoms with Crippen LogP contribution in [0.3, 0.4) is 0 Å². The molecule has 29 heavy (non-hydrogen) atoms. The molecule has 0 radical (unpaired) electrons. The first-order valence-electron chi connectivity index (χ1n) is 13.1. The topological polar surface area (TPSA) is 24.9 Å². The van der Waals surface area contributed by atoms with Gasteiger partial charge in [0.1, 0.15) is 0 Å². The second kappa shape index (κ2) is 21.7. The SMILES string of the molecule is CCCCCCCCCCCCCCCCCCCCCCNc1cccnc1. The fourth-order valence-electron chi connectivity index (χ4n) is 4.08. The summed E-state index contributed by atoms with van der Waals surface area (Å²) in [5, 5.41) is 3.44. The van der Waals surface area contributed by atoms with Gasteiger partial charge in [-0.2, -0.15) is 0 Å². The average Bonchev–Trinajstić information content (AvgIpc) is 2.75. The number of unbranched alkanes of at least 4 members (excludes halogenated alkanes) is 19. The van der Waals surface area contributed by atoms with Crippen molar-refractivity contribution in [3.63, 3.8) is 0 Å². The van der Waals surface area contributed by atoms with E-state index in [2.05, 4.69) is 23.3 Å². The normalized spacial score (nSPS) is 11.1. The van der Waals surface area contributed by atoms with Gasteiger partial charge in [0.05, 0.1) is 5.69 Å². The number of nitrogens with zero attached hydrogens (tertiary/aromatic N) is 1. The van der Waals surface area contributed by atoms with E-state index in [-0.39, 0.29) is 0 Å². The van der Waals surface area contributed by atoms with Crippen LogP contribution in [-0.2, 0) is 0 Å². The predicted molar refractivity (Wildman–Crippen MR) is 131 cm³/mol. The van der Waals surface area contributed by atoms with E-state index >= 15 is 0 Å². The molecule has 0 aliphatic rings. The molecule has 0 saturated heterocycles. The third-order valence-corrected chi connectivity index (χ3v) is 6.02. The lowest BCUT2D eigenvalue weighted by molar-refractivity contribution is 0.522. The molecule has 0 spiro atoms. The highest BCUT2D eigenvalue weighted by Crippen LogP contribution is 2.15. The largest absolute Gasteiger partial charge is 0.384 e. The van der Waals surface area contributed by atoms with Crippen molar-refractivity contribution in [1.82, 2.24) is 4.98 Å². The predicted octanol–water partition coefficient (Wildman–Crippen LogP) is 9.32. The Bertz CT molecular complexity index is 418. The molecule has 0 unspecified atom stereocenters. The van der Waals surface area contributed by atoms with Crippen molar-refractivity contribution in [3.8, 4) is 0 Å². The van der Waals surface area contributed by atoms with Gasteiger partial charge in [0.15, 0.2) is 0 Å². The van der Waals surface area contributed by atoms with Crippen LogP contribution in [0.15, 0.2) is 24.5 Å². The smallest absolute Gasteiger partial charge is 0.0526 e. The van der Waals surface area contributed by atoms with Crippen molar-refractivity contribution in [2.45, 2.75) is 135 Å². The van der Waals surface area contributed by atoms with E-state index in [1.54, 1.807) is 0 Å². The second-order valence-corrected chi connectivity index (χ2v) is 8.89. The van der Waals surface area contributed by atoms with Gasteiger partial charge in [0, 0.05) is 18.9 Å². The fraction of sp³-hybridized carbons (Fsp3) is 0.815. The van der Waals surface area contributed by atoms with E-state index in [1.165, 1.54) is 128 Å². The third kappa shape index (κ3) is 18.7. The number of anilines is 1. The van der Waals surface area contributed by atoms with Crippen LogP contribution in [0.4, 0.5) is 5.69 Å². The third-order valence-electron chi connectivity index (χ3n) is 6.02. The Morgan fingerprint density at radius 3 is 1.38 bits per heavy atom. The van der Waals surface area contributed by atoms with Crippen LogP contribution >= 0.6 is 0 Å². The Balaban J connectivity index is 1.66. The van der Waals surface area contributed by atoms with Crippen molar-refractivity contribution < 1.29 is 0 Å². The lowest BCUT2D eigenvalue weighted by Crippen LogP contribution is -2.01. The molecule has 0 amide bonds. The number of nitrogens with one attached hydrogen (secondary N) is 1. The number of hydrogen-bond acceptors (Lipinski definition) is 2. The summed E-state index contributed by atoms with van der Waals surface area (Å²) in [6.45, 7) is 3.37. The molecule has 0 atom stereocenters. The fourth-order valence-corrected chi connectivity index (χ4v) is 4.08. The standard InChI is InChI=1S/C27H50N2/c1-2-3-4-5-6-7-8-9-10-11-12-13-14-15-16-17-18-19-20-21-25-29-27-23-22-24-28-26-27/h22-24,26,29H,2-21,25H2,1H3. The van der Waals surface area contributed by atoms with Crippen molar-refractivity contribution in [2.75, 3.05) is 11.9 Å². The lowest BCUT2D eigenvalue weighted by atomic mass is 10.0. The second-order valence-electron chi connectivity index (χ2n) is 8.89. The first kappa shape index (κ1) is 26.0. The molecule has 2 heteroatoms. The number of hydrogen-bond donors (Lipinski definition) is 1. The van der Waals surface area contributed by atoms with E-state index < -0.39 is 0 Å². The van der Waals surface area contributed by atoms with Gasteiger partial charge in [-0.25, -0.2) is 0 Å². The summed E-state index contributed by atoms with van der Waals surface area (Å²) in [4.78, 5) is 4.13. The van der Waals surface area contributed by atoms with Gasteiger partial charge in [0.2, 0.25) is 0 Å². The number of rotatable bonds is 22. The molecule has 0 aliphatic heterocycles. The zero-order valence-corrected chi connectivity index (χ0v) is 19.6. The van der Waals surface area contributed by atoms with Crippen LogP contribution < -0.4 is 5.32 Å². The molecule has 1 heterocycles. The van der Waals surface area contributed by atoms with Crippen molar-refractivity contribution >= 4 is 5.69 Å². The summed E-state index contributed by atoms with van der Waals surface area (Å²) >= 11 is 0. The van der Waals surface area contributed by atoms with Crippen LogP contribution in [-0.4, -0.2) is 11.5 Å². The van der Waals surface area contributed by atoms with Gasteiger partial charge < -0.3 is 5.32 Å². The van der Waals surface area contributed by atoms with E-state index in [1.807, 2.05) is 18.5 Å².